The number of rotatable bonds is 0. The van der Waals surface area contributed by atoms with Crippen LogP contribution in [0.15, 0.2) is 12.1 Å². The van der Waals surface area contributed by atoms with Crippen molar-refractivity contribution in [3.63, 3.8) is 0 Å². The molecule has 0 atom stereocenters. The lowest BCUT2D eigenvalue weighted by molar-refractivity contribution is 0.434. The highest BCUT2D eigenvalue weighted by atomic mass is 16.3. The Kier molecular flexibility index (Phi) is 3.11. The van der Waals surface area contributed by atoms with Gasteiger partial charge in [-0.2, -0.15) is 0 Å². The van der Waals surface area contributed by atoms with E-state index in [1.165, 1.54) is 11.1 Å². The molecule has 1 heteroatoms. The standard InChI is InChI=1S/C15H24O/c1-10-8-9-11(16)13(15(5,6)7)12(10)14(2,3)4/h8-9,16H,1-7H3. The van der Waals surface area contributed by atoms with Gasteiger partial charge in [0.1, 0.15) is 5.75 Å². The smallest absolute Gasteiger partial charge is 0.119 e. The third kappa shape index (κ3) is 2.40. The van der Waals surface area contributed by atoms with Gasteiger partial charge in [0, 0.05) is 5.56 Å². The molecule has 1 aromatic carbocycles. The van der Waals surface area contributed by atoms with E-state index < -0.39 is 0 Å². The van der Waals surface area contributed by atoms with Crippen LogP contribution in [0.3, 0.4) is 0 Å². The molecule has 1 rings (SSSR count). The molecule has 0 amide bonds. The summed E-state index contributed by atoms with van der Waals surface area (Å²) in [7, 11) is 0. The first-order valence-electron chi connectivity index (χ1n) is 5.88. The molecule has 0 saturated carbocycles. The van der Waals surface area contributed by atoms with Gasteiger partial charge in [-0.25, -0.2) is 0 Å². The minimum Gasteiger partial charge on any atom is -0.508 e. The summed E-state index contributed by atoms with van der Waals surface area (Å²) in [5, 5.41) is 10.1. The van der Waals surface area contributed by atoms with Gasteiger partial charge in [0.05, 0.1) is 0 Å². The van der Waals surface area contributed by atoms with E-state index in [4.69, 9.17) is 0 Å². The van der Waals surface area contributed by atoms with Gasteiger partial charge < -0.3 is 5.11 Å². The molecule has 0 aliphatic rings. The topological polar surface area (TPSA) is 20.2 Å². The fourth-order valence-corrected chi connectivity index (χ4v) is 2.42. The molecule has 0 bridgehead atoms. The molecule has 90 valence electrons. The van der Waals surface area contributed by atoms with Crippen LogP contribution < -0.4 is 0 Å². The number of aromatic hydroxyl groups is 1. The molecule has 0 fully saturated rings. The minimum atomic E-state index is -0.0291. The molecule has 0 unspecified atom stereocenters. The summed E-state index contributed by atoms with van der Waals surface area (Å²) < 4.78 is 0. The Hall–Kier alpha value is -0.980. The number of phenolic OH excluding ortho intramolecular Hbond substituents is 1. The molecule has 0 heterocycles. The first-order valence-corrected chi connectivity index (χ1v) is 5.88. The van der Waals surface area contributed by atoms with Gasteiger partial charge in [-0.1, -0.05) is 47.6 Å². The van der Waals surface area contributed by atoms with E-state index in [2.05, 4.69) is 48.5 Å². The maximum Gasteiger partial charge on any atom is 0.119 e. The highest BCUT2D eigenvalue weighted by molar-refractivity contribution is 5.50. The Morgan fingerprint density at radius 1 is 0.812 bits per heavy atom. The monoisotopic (exact) mass is 220 g/mol. The van der Waals surface area contributed by atoms with Crippen molar-refractivity contribution in [1.82, 2.24) is 0 Å². The van der Waals surface area contributed by atoms with Gasteiger partial charge in [-0.05, 0) is 34.9 Å². The molecular formula is C15H24O. The maximum absolute atomic E-state index is 10.1. The molecule has 0 aliphatic carbocycles. The molecule has 0 aliphatic heterocycles. The zero-order valence-corrected chi connectivity index (χ0v) is 11.6. The van der Waals surface area contributed by atoms with Gasteiger partial charge >= 0.3 is 0 Å². The first kappa shape index (κ1) is 13.1. The fraction of sp³-hybridized carbons (Fsp3) is 0.600. The molecular weight excluding hydrogens is 196 g/mol. The average Bonchev–Trinajstić information content (AvgIpc) is 2.04. The molecule has 1 N–H and O–H groups in total. The summed E-state index contributed by atoms with van der Waals surface area (Å²) >= 11 is 0. The number of phenols is 1. The van der Waals surface area contributed by atoms with E-state index in [9.17, 15) is 5.11 Å². The second kappa shape index (κ2) is 3.80. The van der Waals surface area contributed by atoms with Crippen LogP contribution in [0.25, 0.3) is 0 Å². The third-order valence-electron chi connectivity index (χ3n) is 2.89. The summed E-state index contributed by atoms with van der Waals surface area (Å²) in [4.78, 5) is 0. The van der Waals surface area contributed by atoms with Gasteiger partial charge in [-0.3, -0.25) is 0 Å². The van der Waals surface area contributed by atoms with Crippen LogP contribution in [-0.2, 0) is 10.8 Å². The lowest BCUT2D eigenvalue weighted by atomic mass is 9.73. The molecule has 16 heavy (non-hydrogen) atoms. The van der Waals surface area contributed by atoms with Crippen molar-refractivity contribution in [2.75, 3.05) is 0 Å². The van der Waals surface area contributed by atoms with Crippen LogP contribution in [0.4, 0.5) is 0 Å². The number of benzene rings is 1. The zero-order chi connectivity index (χ0) is 12.7. The van der Waals surface area contributed by atoms with Crippen molar-refractivity contribution < 1.29 is 5.11 Å². The third-order valence-corrected chi connectivity index (χ3v) is 2.89. The van der Waals surface area contributed by atoms with E-state index in [0.717, 1.165) is 5.56 Å². The fourth-order valence-electron chi connectivity index (χ4n) is 2.42. The Morgan fingerprint density at radius 3 is 1.56 bits per heavy atom. The summed E-state index contributed by atoms with van der Waals surface area (Å²) in [5.41, 5.74) is 3.65. The Bertz CT molecular complexity index is 350. The highest BCUT2D eigenvalue weighted by Gasteiger charge is 2.29. The Morgan fingerprint density at radius 2 is 1.25 bits per heavy atom. The minimum absolute atomic E-state index is 0.0291. The summed E-state index contributed by atoms with van der Waals surface area (Å²) in [6, 6.07) is 3.82. The van der Waals surface area contributed by atoms with Crippen molar-refractivity contribution in [2.24, 2.45) is 0 Å². The van der Waals surface area contributed by atoms with Gasteiger partial charge in [-0.15, -0.1) is 0 Å². The first-order chi connectivity index (χ1) is 7.05. The van der Waals surface area contributed by atoms with Crippen molar-refractivity contribution >= 4 is 0 Å². The zero-order valence-electron chi connectivity index (χ0n) is 11.6. The van der Waals surface area contributed by atoms with E-state index >= 15 is 0 Å². The van der Waals surface area contributed by atoms with Gasteiger partial charge in [0.25, 0.3) is 0 Å². The van der Waals surface area contributed by atoms with E-state index in [0.29, 0.717) is 5.75 Å². The number of hydrogen-bond donors (Lipinski definition) is 1. The van der Waals surface area contributed by atoms with Crippen molar-refractivity contribution in [2.45, 2.75) is 59.3 Å². The van der Waals surface area contributed by atoms with Crippen LogP contribution in [0.1, 0.15) is 58.2 Å². The maximum atomic E-state index is 10.1. The molecule has 0 spiro atoms. The highest BCUT2D eigenvalue weighted by Crippen LogP contribution is 2.40. The normalized spacial score (nSPS) is 12.9. The molecule has 1 aromatic rings. The number of aryl methyl sites for hydroxylation is 1. The Balaban J connectivity index is 3.64. The van der Waals surface area contributed by atoms with Crippen LogP contribution in [-0.4, -0.2) is 5.11 Å². The number of hydrogen-bond acceptors (Lipinski definition) is 1. The van der Waals surface area contributed by atoms with E-state index in [1.807, 2.05) is 12.1 Å². The van der Waals surface area contributed by atoms with E-state index in [-0.39, 0.29) is 10.8 Å². The van der Waals surface area contributed by atoms with Crippen molar-refractivity contribution in [1.29, 1.82) is 0 Å². The van der Waals surface area contributed by atoms with Crippen LogP contribution in [0.2, 0.25) is 0 Å². The second-order valence-electron chi connectivity index (χ2n) is 6.65. The molecule has 0 aromatic heterocycles. The quantitative estimate of drug-likeness (QED) is 0.691. The molecule has 1 nitrogen and oxygen atoms in total. The predicted octanol–water partition coefficient (Wildman–Crippen LogP) is 4.30. The lowest BCUT2D eigenvalue weighted by Gasteiger charge is -2.32. The molecule has 0 radical (unpaired) electrons. The Labute approximate surface area is 99.5 Å². The summed E-state index contributed by atoms with van der Waals surface area (Å²) in [6.07, 6.45) is 0. The molecule has 0 saturated heterocycles. The lowest BCUT2D eigenvalue weighted by Crippen LogP contribution is -2.23. The van der Waals surface area contributed by atoms with Gasteiger partial charge in [0.2, 0.25) is 0 Å². The van der Waals surface area contributed by atoms with Crippen LogP contribution >= 0.6 is 0 Å². The van der Waals surface area contributed by atoms with Crippen LogP contribution in [0, 0.1) is 6.92 Å². The largest absolute Gasteiger partial charge is 0.508 e. The van der Waals surface area contributed by atoms with E-state index in [1.54, 1.807) is 0 Å². The predicted molar refractivity (Wildman–Crippen MR) is 70.2 cm³/mol. The second-order valence-corrected chi connectivity index (χ2v) is 6.65. The van der Waals surface area contributed by atoms with Crippen molar-refractivity contribution in [3.8, 4) is 5.75 Å². The summed E-state index contributed by atoms with van der Waals surface area (Å²) in [6.45, 7) is 15.2. The van der Waals surface area contributed by atoms with Crippen molar-refractivity contribution in [3.05, 3.63) is 28.8 Å². The SMILES string of the molecule is Cc1ccc(O)c(C(C)(C)C)c1C(C)(C)C. The van der Waals surface area contributed by atoms with Gasteiger partial charge in [0.15, 0.2) is 0 Å². The average molecular weight is 220 g/mol. The summed E-state index contributed by atoms with van der Waals surface area (Å²) in [5.74, 6) is 0.419. The van der Waals surface area contributed by atoms with Crippen LogP contribution in [0.5, 0.6) is 5.75 Å².